The summed E-state index contributed by atoms with van der Waals surface area (Å²) >= 11 is 0. The standard InChI is InChI=1S/C20H22O6/c21-14-3-1-13(2-4-14)7-19(22)18-8-15(23-9-16-10-24-16)5-6-20(18)26-12-17-11-25-17/h1-6,8,16-17,19,21-22H,7,9-12H2. The van der Waals surface area contributed by atoms with E-state index < -0.39 is 6.10 Å². The summed E-state index contributed by atoms with van der Waals surface area (Å²) < 4.78 is 21.9. The Labute approximate surface area is 151 Å². The summed E-state index contributed by atoms with van der Waals surface area (Å²) in [7, 11) is 0. The molecule has 0 aromatic heterocycles. The molecule has 138 valence electrons. The predicted octanol–water partition coefficient (Wildman–Crippen LogP) is 2.22. The largest absolute Gasteiger partial charge is 0.508 e. The van der Waals surface area contributed by atoms with Crippen LogP contribution in [0.15, 0.2) is 42.5 Å². The van der Waals surface area contributed by atoms with E-state index in [-0.39, 0.29) is 18.0 Å². The van der Waals surface area contributed by atoms with Gasteiger partial charge in [-0.25, -0.2) is 0 Å². The van der Waals surface area contributed by atoms with E-state index in [1.807, 2.05) is 18.2 Å². The first-order valence-electron chi connectivity index (χ1n) is 8.76. The maximum Gasteiger partial charge on any atom is 0.125 e. The Morgan fingerprint density at radius 1 is 0.962 bits per heavy atom. The van der Waals surface area contributed by atoms with Crippen molar-refractivity contribution in [3.63, 3.8) is 0 Å². The third kappa shape index (κ3) is 4.66. The maximum absolute atomic E-state index is 10.8. The summed E-state index contributed by atoms with van der Waals surface area (Å²) in [6.45, 7) is 2.42. The van der Waals surface area contributed by atoms with Gasteiger partial charge in [-0.2, -0.15) is 0 Å². The van der Waals surface area contributed by atoms with Gasteiger partial charge in [0.05, 0.1) is 19.3 Å². The zero-order chi connectivity index (χ0) is 17.9. The number of phenolic OH excluding ortho intramolecular Hbond substituents is 1. The van der Waals surface area contributed by atoms with Crippen LogP contribution in [0.1, 0.15) is 17.2 Å². The fraction of sp³-hybridized carbons (Fsp3) is 0.400. The van der Waals surface area contributed by atoms with E-state index in [0.717, 1.165) is 12.2 Å². The highest BCUT2D eigenvalue weighted by Gasteiger charge is 2.25. The lowest BCUT2D eigenvalue weighted by Crippen LogP contribution is -2.10. The minimum atomic E-state index is -0.754. The molecule has 2 aliphatic rings. The van der Waals surface area contributed by atoms with Crippen molar-refractivity contribution in [2.24, 2.45) is 0 Å². The Bertz CT molecular complexity index is 736. The third-order valence-electron chi connectivity index (χ3n) is 4.37. The van der Waals surface area contributed by atoms with Crippen LogP contribution in [0, 0.1) is 0 Å². The molecule has 0 saturated carbocycles. The first-order chi connectivity index (χ1) is 12.7. The van der Waals surface area contributed by atoms with Gasteiger partial charge in [0.25, 0.3) is 0 Å². The van der Waals surface area contributed by atoms with Crippen molar-refractivity contribution in [2.45, 2.75) is 24.7 Å². The van der Waals surface area contributed by atoms with Gasteiger partial charge in [0, 0.05) is 12.0 Å². The minimum Gasteiger partial charge on any atom is -0.508 e. The van der Waals surface area contributed by atoms with Crippen LogP contribution in [0.25, 0.3) is 0 Å². The summed E-state index contributed by atoms with van der Waals surface area (Å²) in [5.74, 6) is 1.51. The smallest absolute Gasteiger partial charge is 0.125 e. The maximum atomic E-state index is 10.8. The predicted molar refractivity (Wildman–Crippen MR) is 93.7 cm³/mol. The van der Waals surface area contributed by atoms with Crippen molar-refractivity contribution in [3.05, 3.63) is 53.6 Å². The van der Waals surface area contributed by atoms with Gasteiger partial charge >= 0.3 is 0 Å². The number of hydrogen-bond donors (Lipinski definition) is 2. The second-order valence-corrected chi connectivity index (χ2v) is 6.62. The van der Waals surface area contributed by atoms with Crippen LogP contribution < -0.4 is 9.47 Å². The van der Waals surface area contributed by atoms with Crippen molar-refractivity contribution >= 4 is 0 Å². The van der Waals surface area contributed by atoms with Crippen molar-refractivity contribution in [1.82, 2.24) is 0 Å². The second-order valence-electron chi connectivity index (χ2n) is 6.62. The molecule has 0 amide bonds. The van der Waals surface area contributed by atoms with Gasteiger partial charge in [-0.1, -0.05) is 12.1 Å². The highest BCUT2D eigenvalue weighted by atomic mass is 16.6. The number of hydrogen-bond acceptors (Lipinski definition) is 6. The molecular formula is C20H22O6. The van der Waals surface area contributed by atoms with E-state index in [1.54, 1.807) is 24.3 Å². The molecule has 0 bridgehead atoms. The van der Waals surface area contributed by atoms with E-state index in [0.29, 0.717) is 43.3 Å². The quantitative estimate of drug-likeness (QED) is 0.669. The highest BCUT2D eigenvalue weighted by molar-refractivity contribution is 5.42. The van der Waals surface area contributed by atoms with Crippen LogP contribution in [0.2, 0.25) is 0 Å². The minimum absolute atomic E-state index is 0.139. The lowest BCUT2D eigenvalue weighted by Gasteiger charge is -2.18. The number of benzene rings is 2. The van der Waals surface area contributed by atoms with Crippen LogP contribution in [-0.4, -0.2) is 48.8 Å². The molecule has 2 aromatic carbocycles. The Morgan fingerprint density at radius 3 is 2.27 bits per heavy atom. The van der Waals surface area contributed by atoms with Gasteiger partial charge < -0.3 is 29.2 Å². The fourth-order valence-corrected chi connectivity index (χ4v) is 2.67. The molecule has 4 rings (SSSR count). The second kappa shape index (κ2) is 7.53. The first kappa shape index (κ1) is 17.1. The van der Waals surface area contributed by atoms with Crippen molar-refractivity contribution < 1.29 is 29.2 Å². The van der Waals surface area contributed by atoms with Gasteiger partial charge in [-0.15, -0.1) is 0 Å². The first-order valence-corrected chi connectivity index (χ1v) is 8.76. The lowest BCUT2D eigenvalue weighted by atomic mass is 10.00. The van der Waals surface area contributed by atoms with Crippen LogP contribution in [0.3, 0.4) is 0 Å². The average molecular weight is 358 g/mol. The Hall–Kier alpha value is -2.28. The molecule has 3 atom stereocenters. The normalized spacial score (nSPS) is 21.9. The van der Waals surface area contributed by atoms with Gasteiger partial charge in [0.2, 0.25) is 0 Å². The molecule has 0 radical (unpaired) electrons. The topological polar surface area (TPSA) is 84.0 Å². The number of aliphatic hydroxyl groups is 1. The fourth-order valence-electron chi connectivity index (χ4n) is 2.67. The lowest BCUT2D eigenvalue weighted by molar-refractivity contribution is 0.169. The summed E-state index contributed by atoms with van der Waals surface area (Å²) in [4.78, 5) is 0. The van der Waals surface area contributed by atoms with E-state index >= 15 is 0 Å². The average Bonchev–Trinajstić information content (AvgIpc) is 3.55. The van der Waals surface area contributed by atoms with E-state index in [1.165, 1.54) is 0 Å². The van der Waals surface area contributed by atoms with Crippen LogP contribution in [-0.2, 0) is 15.9 Å². The molecule has 6 nitrogen and oxygen atoms in total. The molecular weight excluding hydrogens is 336 g/mol. The molecule has 26 heavy (non-hydrogen) atoms. The molecule has 2 heterocycles. The molecule has 2 fully saturated rings. The number of phenols is 1. The van der Waals surface area contributed by atoms with Crippen LogP contribution in [0.4, 0.5) is 0 Å². The number of epoxide rings is 2. The van der Waals surface area contributed by atoms with Crippen LogP contribution >= 0.6 is 0 Å². The number of ether oxygens (including phenoxy) is 4. The molecule has 0 spiro atoms. The Kier molecular flexibility index (Phi) is 4.97. The van der Waals surface area contributed by atoms with Gasteiger partial charge in [-0.05, 0) is 35.9 Å². The Morgan fingerprint density at radius 2 is 1.62 bits per heavy atom. The summed E-state index contributed by atoms with van der Waals surface area (Å²) in [6.07, 6.45) is -0.0371. The molecule has 2 aliphatic heterocycles. The highest BCUT2D eigenvalue weighted by Crippen LogP contribution is 2.32. The van der Waals surface area contributed by atoms with Crippen molar-refractivity contribution in [2.75, 3.05) is 26.4 Å². The molecule has 3 unspecified atom stereocenters. The Balaban J connectivity index is 1.49. The number of rotatable bonds is 9. The monoisotopic (exact) mass is 358 g/mol. The summed E-state index contributed by atoms with van der Waals surface area (Å²) in [6, 6.07) is 12.3. The number of aliphatic hydroxyl groups excluding tert-OH is 1. The summed E-state index contributed by atoms with van der Waals surface area (Å²) in [5.41, 5.74) is 1.59. The number of aromatic hydroxyl groups is 1. The van der Waals surface area contributed by atoms with Gasteiger partial charge in [-0.3, -0.25) is 0 Å². The molecule has 2 N–H and O–H groups in total. The molecule has 6 heteroatoms. The van der Waals surface area contributed by atoms with Gasteiger partial charge in [0.15, 0.2) is 0 Å². The van der Waals surface area contributed by atoms with Crippen LogP contribution in [0.5, 0.6) is 17.2 Å². The zero-order valence-electron chi connectivity index (χ0n) is 14.3. The van der Waals surface area contributed by atoms with Crippen molar-refractivity contribution in [3.8, 4) is 17.2 Å². The van der Waals surface area contributed by atoms with Gasteiger partial charge in [0.1, 0.15) is 42.7 Å². The molecule has 2 aromatic rings. The summed E-state index contributed by atoms with van der Waals surface area (Å²) in [5, 5.41) is 20.2. The van der Waals surface area contributed by atoms with E-state index in [9.17, 15) is 10.2 Å². The zero-order valence-corrected chi connectivity index (χ0v) is 14.3. The SMILES string of the molecule is Oc1ccc(CC(O)c2cc(OCC3CO3)ccc2OCC2CO2)cc1. The van der Waals surface area contributed by atoms with Crippen molar-refractivity contribution in [1.29, 1.82) is 0 Å². The van der Waals surface area contributed by atoms with E-state index in [2.05, 4.69) is 0 Å². The molecule has 2 saturated heterocycles. The third-order valence-corrected chi connectivity index (χ3v) is 4.37. The van der Waals surface area contributed by atoms with E-state index in [4.69, 9.17) is 18.9 Å². The molecule has 0 aliphatic carbocycles.